The van der Waals surface area contributed by atoms with Crippen LogP contribution in [0.4, 0.5) is 0 Å². The summed E-state index contributed by atoms with van der Waals surface area (Å²) in [6.45, 7) is 18.5. The largest absolute Gasteiger partial charge is 0.493 e. The minimum Gasteiger partial charge on any atom is -0.493 e. The summed E-state index contributed by atoms with van der Waals surface area (Å²) in [6.07, 6.45) is 51.3. The van der Waals surface area contributed by atoms with Gasteiger partial charge in [-0.2, -0.15) is 0 Å². The summed E-state index contributed by atoms with van der Waals surface area (Å²) in [6, 6.07) is 9.75. The predicted octanol–water partition coefficient (Wildman–Crippen LogP) is 21.5. The van der Waals surface area contributed by atoms with E-state index in [4.69, 9.17) is 0 Å². The van der Waals surface area contributed by atoms with Crippen molar-refractivity contribution in [2.75, 3.05) is 0 Å². The van der Waals surface area contributed by atoms with E-state index in [1.807, 2.05) is 0 Å². The van der Waals surface area contributed by atoms with Crippen molar-refractivity contribution < 1.29 is 4.70 Å². The second kappa shape index (κ2) is 37.8. The lowest BCUT2D eigenvalue weighted by Crippen LogP contribution is -2.08. The zero-order chi connectivity index (χ0) is 49.0. The fourth-order valence-corrected chi connectivity index (χ4v) is 11.1. The molecule has 2 nitrogen and oxygen atoms in total. The maximum Gasteiger partial charge on any atom is 0.223 e. The standard InChI is InChI=1S/C66H108N2/c1-9-17-21-25-26-27-28-29-30-31-32-33-34-35-36-37-38-39-40-41-42-46-50-64-63(49-45-24-20-12-4)65(59-51-55(13-5)61(56(14-6)52-59)47-43-22-18-10-2)68(67)66(64)60-53-57(15-7)62(58(16-8)54-60)48-44-23-19-11-3/h51-54H,9-45,47-49H2,1-8H3. The molecule has 0 unspecified atom stereocenters. The number of hydrogen-bond acceptors (Lipinski definition) is 0. The number of allylic oxidation sites excluding steroid dienone is 2. The average Bonchev–Trinajstić information content (AvgIpc) is 3.63. The van der Waals surface area contributed by atoms with E-state index >= 15 is 0 Å². The van der Waals surface area contributed by atoms with Crippen LogP contribution in [0.5, 0.6) is 0 Å². The second-order valence-corrected chi connectivity index (χ2v) is 21.0. The Morgan fingerprint density at radius 2 is 0.647 bits per heavy atom. The van der Waals surface area contributed by atoms with E-state index < -0.39 is 0 Å². The van der Waals surface area contributed by atoms with Crippen molar-refractivity contribution in [2.45, 2.75) is 312 Å². The Balaban J connectivity index is 1.80. The molecule has 0 bridgehead atoms. The predicted molar refractivity (Wildman–Crippen MR) is 303 cm³/mol. The molecule has 2 aromatic rings. The molecular formula is C66H108N2. The molecular weight excluding hydrogens is 821 g/mol. The van der Waals surface area contributed by atoms with Gasteiger partial charge in [0.2, 0.25) is 11.4 Å². The highest BCUT2D eigenvalue weighted by Gasteiger charge is 2.36. The molecule has 0 aromatic heterocycles. The molecule has 1 heterocycles. The summed E-state index contributed by atoms with van der Waals surface area (Å²) in [7, 11) is 0. The first-order valence-electron chi connectivity index (χ1n) is 30.2. The third-order valence-electron chi connectivity index (χ3n) is 15.4. The molecule has 382 valence electrons. The van der Waals surface area contributed by atoms with Gasteiger partial charge in [0.25, 0.3) is 0 Å². The van der Waals surface area contributed by atoms with Crippen LogP contribution in [0.25, 0.3) is 16.9 Å². The van der Waals surface area contributed by atoms with Gasteiger partial charge >= 0.3 is 0 Å². The minimum atomic E-state index is 0.920. The SMILES string of the molecule is CCCCCCCCCCCCCCCCCCCCCCC#CC1=C(c2cc(CC)c(CCCCCC)c(CC)c2)[N+](=[N-])C(c2cc(CC)c(CCCCCC)c(CC)c2)=C1CCCCCC. The Labute approximate surface area is 423 Å². The van der Waals surface area contributed by atoms with Crippen LogP contribution in [-0.4, -0.2) is 4.70 Å². The number of hydrogen-bond donors (Lipinski definition) is 0. The topological polar surface area (TPSA) is 25.3 Å². The van der Waals surface area contributed by atoms with Crippen molar-refractivity contribution >= 4 is 11.4 Å². The van der Waals surface area contributed by atoms with Crippen molar-refractivity contribution in [1.82, 2.24) is 0 Å². The zero-order valence-corrected chi connectivity index (χ0v) is 46.5. The number of rotatable bonds is 41. The van der Waals surface area contributed by atoms with Gasteiger partial charge in [-0.1, -0.05) is 247 Å². The molecule has 0 aliphatic carbocycles. The fourth-order valence-electron chi connectivity index (χ4n) is 11.1. The van der Waals surface area contributed by atoms with Crippen LogP contribution in [0.1, 0.15) is 318 Å². The van der Waals surface area contributed by atoms with E-state index in [-0.39, 0.29) is 0 Å². The molecule has 0 spiro atoms. The highest BCUT2D eigenvalue weighted by molar-refractivity contribution is 5.86. The molecule has 0 atom stereocenters. The van der Waals surface area contributed by atoms with Gasteiger partial charge in [0.15, 0.2) is 0 Å². The first-order valence-corrected chi connectivity index (χ1v) is 30.2. The van der Waals surface area contributed by atoms with Gasteiger partial charge < -0.3 is 5.53 Å². The average molecular weight is 930 g/mol. The molecule has 0 saturated carbocycles. The van der Waals surface area contributed by atoms with E-state index in [0.717, 1.165) is 86.7 Å². The van der Waals surface area contributed by atoms with Crippen LogP contribution in [-0.2, 0) is 38.5 Å². The van der Waals surface area contributed by atoms with Crippen molar-refractivity contribution in [3.8, 4) is 11.8 Å². The van der Waals surface area contributed by atoms with Crippen LogP contribution in [0.3, 0.4) is 0 Å². The number of benzene rings is 2. The van der Waals surface area contributed by atoms with E-state index in [2.05, 4.69) is 91.5 Å². The van der Waals surface area contributed by atoms with Gasteiger partial charge in [0.1, 0.15) is 5.57 Å². The van der Waals surface area contributed by atoms with Gasteiger partial charge in [-0.25, -0.2) is 4.70 Å². The third kappa shape index (κ3) is 21.2. The first kappa shape index (κ1) is 59.4. The summed E-state index contributed by atoms with van der Waals surface area (Å²) in [5, 5.41) is 0. The molecule has 0 saturated heterocycles. The van der Waals surface area contributed by atoms with E-state index in [1.165, 1.54) is 226 Å². The monoisotopic (exact) mass is 929 g/mol. The van der Waals surface area contributed by atoms with Crippen LogP contribution < -0.4 is 0 Å². The van der Waals surface area contributed by atoms with Crippen molar-refractivity contribution in [3.63, 3.8) is 0 Å². The number of aryl methyl sites for hydroxylation is 4. The highest BCUT2D eigenvalue weighted by Crippen LogP contribution is 2.44. The molecule has 3 rings (SSSR count). The van der Waals surface area contributed by atoms with Gasteiger partial charge in [0, 0.05) is 23.1 Å². The molecule has 0 radical (unpaired) electrons. The van der Waals surface area contributed by atoms with Gasteiger partial charge in [-0.05, 0) is 128 Å². The molecule has 0 N–H and O–H groups in total. The summed E-state index contributed by atoms with van der Waals surface area (Å²) >= 11 is 0. The Hall–Kier alpha value is -2.92. The Morgan fingerprint density at radius 3 is 0.985 bits per heavy atom. The zero-order valence-electron chi connectivity index (χ0n) is 46.5. The van der Waals surface area contributed by atoms with E-state index in [1.54, 1.807) is 15.8 Å². The van der Waals surface area contributed by atoms with Crippen LogP contribution in [0, 0.1) is 11.8 Å². The van der Waals surface area contributed by atoms with Crippen molar-refractivity contribution in [3.05, 3.63) is 85.5 Å². The van der Waals surface area contributed by atoms with E-state index in [0.29, 0.717) is 0 Å². The maximum absolute atomic E-state index is 12.8. The highest BCUT2D eigenvalue weighted by atomic mass is 15.2. The molecule has 1 aliphatic heterocycles. The molecule has 68 heavy (non-hydrogen) atoms. The molecule has 2 heteroatoms. The maximum atomic E-state index is 12.8. The van der Waals surface area contributed by atoms with Crippen molar-refractivity contribution in [2.24, 2.45) is 0 Å². The van der Waals surface area contributed by atoms with Crippen LogP contribution in [0.2, 0.25) is 0 Å². The smallest absolute Gasteiger partial charge is 0.223 e. The molecule has 0 amide bonds. The minimum absolute atomic E-state index is 0.920. The number of unbranched alkanes of at least 4 members (excludes halogenated alkanes) is 29. The van der Waals surface area contributed by atoms with Crippen LogP contribution >= 0.6 is 0 Å². The summed E-state index contributed by atoms with van der Waals surface area (Å²) in [5.41, 5.74) is 28.3. The number of nitrogens with zero attached hydrogens (tertiary/aromatic N) is 2. The van der Waals surface area contributed by atoms with Gasteiger partial charge in [-0.15, -0.1) is 0 Å². The summed E-state index contributed by atoms with van der Waals surface area (Å²) in [4.78, 5) is 0. The third-order valence-corrected chi connectivity index (χ3v) is 15.4. The lowest BCUT2D eigenvalue weighted by molar-refractivity contribution is -0.345. The fraction of sp³-hybridized carbons (Fsp3) is 0.727. The van der Waals surface area contributed by atoms with E-state index in [9.17, 15) is 5.53 Å². The van der Waals surface area contributed by atoms with Gasteiger partial charge in [0.05, 0.1) is 0 Å². The lowest BCUT2D eigenvalue weighted by Gasteiger charge is -2.18. The quantitative estimate of drug-likeness (QED) is 0.0361. The summed E-state index contributed by atoms with van der Waals surface area (Å²) < 4.78 is 1.61. The van der Waals surface area contributed by atoms with Crippen LogP contribution in [0.15, 0.2) is 35.4 Å². The molecule has 0 fully saturated rings. The summed E-state index contributed by atoms with van der Waals surface area (Å²) in [5.74, 6) is 7.55. The Bertz CT molecular complexity index is 1760. The Morgan fingerprint density at radius 1 is 0.353 bits per heavy atom. The lowest BCUT2D eigenvalue weighted by atomic mass is 9.88. The van der Waals surface area contributed by atoms with Crippen molar-refractivity contribution in [1.29, 1.82) is 0 Å². The Kier molecular flexibility index (Phi) is 33.1. The second-order valence-electron chi connectivity index (χ2n) is 21.0. The molecule has 2 aromatic carbocycles. The first-order chi connectivity index (χ1) is 33.4. The molecule has 1 aliphatic rings. The normalized spacial score (nSPS) is 12.8. The van der Waals surface area contributed by atoms with Gasteiger partial charge in [-0.3, -0.25) is 0 Å².